The first-order chi connectivity index (χ1) is 12.9. The minimum Gasteiger partial charge on any atom is -0.354 e. The van der Waals surface area contributed by atoms with Gasteiger partial charge in [-0.3, -0.25) is 9.59 Å². The van der Waals surface area contributed by atoms with Crippen molar-refractivity contribution < 1.29 is 9.59 Å². The van der Waals surface area contributed by atoms with Crippen molar-refractivity contribution in [1.29, 1.82) is 0 Å². The van der Waals surface area contributed by atoms with Gasteiger partial charge in [0, 0.05) is 12.1 Å². The number of rotatable bonds is 8. The lowest BCUT2D eigenvalue weighted by Crippen LogP contribution is -2.50. The summed E-state index contributed by atoms with van der Waals surface area (Å²) in [5.41, 5.74) is 1.62. The number of nitrogens with one attached hydrogen (secondary N) is 2. The molecule has 0 saturated carbocycles. The molecule has 0 bridgehead atoms. The number of benzene rings is 1. The van der Waals surface area contributed by atoms with E-state index in [0.717, 1.165) is 37.5 Å². The largest absolute Gasteiger partial charge is 0.354 e. The van der Waals surface area contributed by atoms with Crippen molar-refractivity contribution in [3.63, 3.8) is 0 Å². The van der Waals surface area contributed by atoms with Crippen molar-refractivity contribution in [2.45, 2.75) is 53.0 Å². The Morgan fingerprint density at radius 2 is 1.93 bits per heavy atom. The number of amides is 2. The summed E-state index contributed by atoms with van der Waals surface area (Å²) in [6.45, 7) is 12.2. The van der Waals surface area contributed by atoms with Gasteiger partial charge in [-0.15, -0.1) is 0 Å². The molecular weight excluding hydrogens is 338 g/mol. The van der Waals surface area contributed by atoms with Crippen LogP contribution in [-0.2, 0) is 4.79 Å². The first-order valence-corrected chi connectivity index (χ1v) is 10.2. The van der Waals surface area contributed by atoms with E-state index in [2.05, 4.69) is 22.5 Å². The summed E-state index contributed by atoms with van der Waals surface area (Å²) in [7, 11) is 0. The van der Waals surface area contributed by atoms with E-state index in [-0.39, 0.29) is 17.7 Å². The third kappa shape index (κ3) is 6.98. The zero-order chi connectivity index (χ0) is 19.8. The zero-order valence-electron chi connectivity index (χ0n) is 17.3. The molecular formula is C22H35N3O2. The normalized spacial score (nSPS) is 16.9. The molecule has 150 valence electrons. The molecule has 1 unspecified atom stereocenters. The smallest absolute Gasteiger partial charge is 0.251 e. The quantitative estimate of drug-likeness (QED) is 0.689. The van der Waals surface area contributed by atoms with Gasteiger partial charge in [0.1, 0.15) is 6.04 Å². The summed E-state index contributed by atoms with van der Waals surface area (Å²) in [5.74, 6) is 0.570. The fourth-order valence-electron chi connectivity index (χ4n) is 3.46. The molecule has 1 saturated heterocycles. The topological polar surface area (TPSA) is 61.4 Å². The molecule has 1 fully saturated rings. The van der Waals surface area contributed by atoms with E-state index in [9.17, 15) is 9.59 Å². The molecule has 2 N–H and O–H groups in total. The molecule has 0 spiro atoms. The zero-order valence-corrected chi connectivity index (χ0v) is 17.3. The summed E-state index contributed by atoms with van der Waals surface area (Å²) in [4.78, 5) is 27.5. The van der Waals surface area contributed by atoms with Gasteiger partial charge >= 0.3 is 0 Å². The number of carbonyl (C=O) groups excluding carboxylic acids is 2. The van der Waals surface area contributed by atoms with Crippen molar-refractivity contribution in [3.05, 3.63) is 35.4 Å². The minimum absolute atomic E-state index is 0.0299. The van der Waals surface area contributed by atoms with Crippen molar-refractivity contribution in [1.82, 2.24) is 15.5 Å². The van der Waals surface area contributed by atoms with Crippen LogP contribution in [0.15, 0.2) is 24.3 Å². The van der Waals surface area contributed by atoms with Crippen LogP contribution in [0.2, 0.25) is 0 Å². The second-order valence-corrected chi connectivity index (χ2v) is 8.23. The summed E-state index contributed by atoms with van der Waals surface area (Å²) < 4.78 is 0. The third-order valence-electron chi connectivity index (χ3n) is 5.34. The van der Waals surface area contributed by atoms with Gasteiger partial charge in [0.05, 0.1) is 0 Å². The van der Waals surface area contributed by atoms with Crippen LogP contribution >= 0.6 is 0 Å². The number of piperidine rings is 1. The molecule has 1 aromatic carbocycles. The van der Waals surface area contributed by atoms with Gasteiger partial charge in [-0.25, -0.2) is 0 Å². The van der Waals surface area contributed by atoms with E-state index < -0.39 is 6.04 Å². The van der Waals surface area contributed by atoms with Crippen molar-refractivity contribution in [2.24, 2.45) is 11.8 Å². The number of aryl methyl sites for hydroxylation is 1. The van der Waals surface area contributed by atoms with Gasteiger partial charge in [0.15, 0.2) is 0 Å². The number of hydrogen-bond donors (Lipinski definition) is 2. The Bertz CT molecular complexity index is 622. The highest BCUT2D eigenvalue weighted by molar-refractivity contribution is 5.97. The molecule has 1 aromatic rings. The fraction of sp³-hybridized carbons (Fsp3) is 0.636. The number of carbonyl (C=O) groups is 2. The lowest BCUT2D eigenvalue weighted by Gasteiger charge is -2.30. The maximum absolute atomic E-state index is 12.6. The van der Waals surface area contributed by atoms with E-state index in [1.54, 1.807) is 6.07 Å². The number of nitrogens with zero attached hydrogens (tertiary/aromatic N) is 1. The van der Waals surface area contributed by atoms with E-state index in [1.165, 1.54) is 12.8 Å². The highest BCUT2D eigenvalue weighted by atomic mass is 16.2. The average molecular weight is 374 g/mol. The van der Waals surface area contributed by atoms with Crippen LogP contribution in [0.1, 0.15) is 56.0 Å². The van der Waals surface area contributed by atoms with Crippen molar-refractivity contribution in [2.75, 3.05) is 26.2 Å². The monoisotopic (exact) mass is 373 g/mol. The van der Waals surface area contributed by atoms with Crippen LogP contribution in [0.5, 0.6) is 0 Å². The summed E-state index contributed by atoms with van der Waals surface area (Å²) in [6, 6.07) is 6.90. The number of likely N-dealkylation sites (tertiary alicyclic amines) is 1. The Hall–Kier alpha value is -1.88. The molecule has 2 rings (SSSR count). The second kappa shape index (κ2) is 10.5. The molecule has 1 heterocycles. The van der Waals surface area contributed by atoms with Crippen LogP contribution in [0.4, 0.5) is 0 Å². The van der Waals surface area contributed by atoms with E-state index in [1.807, 2.05) is 39.0 Å². The summed E-state index contributed by atoms with van der Waals surface area (Å²) >= 11 is 0. The standard InChI is InChI=1S/C22H35N3O2/c1-16(2)20(24-21(26)19-8-5-7-18(4)15-19)22(27)23-11-6-12-25-13-9-17(3)10-14-25/h5,7-8,15-17,20H,6,9-14H2,1-4H3,(H,23,27)(H,24,26). The van der Waals surface area contributed by atoms with Gasteiger partial charge in [0.25, 0.3) is 5.91 Å². The van der Waals surface area contributed by atoms with Crippen molar-refractivity contribution in [3.8, 4) is 0 Å². The predicted octanol–water partition coefficient (Wildman–Crippen LogP) is 2.99. The lowest BCUT2D eigenvalue weighted by molar-refractivity contribution is -0.123. The van der Waals surface area contributed by atoms with Gasteiger partial charge in [-0.2, -0.15) is 0 Å². The molecule has 0 aliphatic carbocycles. The first kappa shape index (κ1) is 21.4. The Morgan fingerprint density at radius 1 is 1.22 bits per heavy atom. The van der Waals surface area contributed by atoms with Crippen LogP contribution in [0, 0.1) is 18.8 Å². The highest BCUT2D eigenvalue weighted by Crippen LogP contribution is 2.15. The SMILES string of the molecule is Cc1cccc(C(=O)NC(C(=O)NCCCN2CCC(C)CC2)C(C)C)c1. The average Bonchev–Trinajstić information content (AvgIpc) is 2.64. The van der Waals surface area contributed by atoms with E-state index in [0.29, 0.717) is 12.1 Å². The summed E-state index contributed by atoms with van der Waals surface area (Å²) in [6.07, 6.45) is 3.48. The minimum atomic E-state index is -0.520. The molecule has 0 aromatic heterocycles. The molecule has 1 aliphatic heterocycles. The third-order valence-corrected chi connectivity index (χ3v) is 5.34. The summed E-state index contributed by atoms with van der Waals surface area (Å²) in [5, 5.41) is 5.89. The van der Waals surface area contributed by atoms with Crippen LogP contribution < -0.4 is 10.6 Å². The molecule has 1 aliphatic rings. The van der Waals surface area contributed by atoms with E-state index >= 15 is 0 Å². The van der Waals surface area contributed by atoms with Gasteiger partial charge in [-0.05, 0) is 69.8 Å². The van der Waals surface area contributed by atoms with Gasteiger partial charge < -0.3 is 15.5 Å². The molecule has 5 nitrogen and oxygen atoms in total. The lowest BCUT2D eigenvalue weighted by atomic mass is 9.99. The van der Waals surface area contributed by atoms with Crippen LogP contribution in [0.25, 0.3) is 0 Å². The first-order valence-electron chi connectivity index (χ1n) is 10.2. The number of hydrogen-bond acceptors (Lipinski definition) is 3. The molecule has 1 atom stereocenters. The maximum atomic E-state index is 12.6. The highest BCUT2D eigenvalue weighted by Gasteiger charge is 2.24. The molecule has 0 radical (unpaired) electrons. The predicted molar refractivity (Wildman–Crippen MR) is 110 cm³/mol. The Kier molecular flexibility index (Phi) is 8.29. The Balaban J connectivity index is 1.78. The molecule has 5 heteroatoms. The van der Waals surface area contributed by atoms with Crippen LogP contribution in [0.3, 0.4) is 0 Å². The maximum Gasteiger partial charge on any atom is 0.251 e. The molecule has 27 heavy (non-hydrogen) atoms. The van der Waals surface area contributed by atoms with Gasteiger partial charge in [-0.1, -0.05) is 38.5 Å². The Labute approximate surface area is 163 Å². The van der Waals surface area contributed by atoms with E-state index in [4.69, 9.17) is 0 Å². The molecule has 2 amide bonds. The van der Waals surface area contributed by atoms with Gasteiger partial charge in [0.2, 0.25) is 5.91 Å². The fourth-order valence-corrected chi connectivity index (χ4v) is 3.46. The van der Waals surface area contributed by atoms with Crippen molar-refractivity contribution >= 4 is 11.8 Å². The van der Waals surface area contributed by atoms with Crippen LogP contribution in [-0.4, -0.2) is 48.9 Å². The Morgan fingerprint density at radius 3 is 2.56 bits per heavy atom. The second-order valence-electron chi connectivity index (χ2n) is 8.23.